The summed E-state index contributed by atoms with van der Waals surface area (Å²) in [4.78, 5) is 9.87. The fourth-order valence-corrected chi connectivity index (χ4v) is 2.99. The molecule has 0 spiro atoms. The first kappa shape index (κ1) is 12.8. The van der Waals surface area contributed by atoms with Gasteiger partial charge in [-0.3, -0.25) is 10.1 Å². The molecule has 8 heteroatoms. The van der Waals surface area contributed by atoms with Crippen molar-refractivity contribution in [3.63, 3.8) is 0 Å². The van der Waals surface area contributed by atoms with Crippen molar-refractivity contribution < 1.29 is 13.3 Å². The van der Waals surface area contributed by atoms with E-state index in [0.717, 1.165) is 25.3 Å². The highest BCUT2D eigenvalue weighted by Crippen LogP contribution is 2.26. The number of nitrogen functional groups attached to an aromatic ring is 1. The number of nitrogens with zero attached hydrogens (tertiary/aromatic N) is 1. The van der Waals surface area contributed by atoms with Crippen LogP contribution in [0.1, 0.15) is 19.3 Å². The minimum Gasteiger partial charge on any atom is -0.393 e. The van der Waals surface area contributed by atoms with Gasteiger partial charge in [0.25, 0.3) is 5.69 Å². The smallest absolute Gasteiger partial charge is 0.293 e. The van der Waals surface area contributed by atoms with Crippen molar-refractivity contribution in [1.29, 1.82) is 0 Å². The second-order valence-electron chi connectivity index (χ2n) is 4.23. The fraction of sp³-hybridized carbons (Fsp3) is 0.400. The van der Waals surface area contributed by atoms with Gasteiger partial charge in [0, 0.05) is 12.1 Å². The summed E-state index contributed by atoms with van der Waals surface area (Å²) >= 11 is 0. The Bertz CT molecular complexity index is 581. The highest BCUT2D eigenvalue weighted by atomic mass is 32.2. The Labute approximate surface area is 104 Å². The number of nitro groups is 1. The van der Waals surface area contributed by atoms with E-state index < -0.39 is 20.6 Å². The van der Waals surface area contributed by atoms with Crippen LogP contribution in [0.4, 0.5) is 11.4 Å². The van der Waals surface area contributed by atoms with Crippen molar-refractivity contribution in [3.05, 3.63) is 28.3 Å². The number of benzene rings is 1. The summed E-state index contributed by atoms with van der Waals surface area (Å²) in [5, 5.41) is 10.7. The van der Waals surface area contributed by atoms with Gasteiger partial charge in [0.1, 0.15) is 5.69 Å². The summed E-state index contributed by atoms with van der Waals surface area (Å²) in [6.45, 7) is 0. The number of anilines is 1. The number of rotatable bonds is 4. The Hall–Kier alpha value is -1.67. The molecule has 0 bridgehead atoms. The van der Waals surface area contributed by atoms with Crippen LogP contribution in [0.15, 0.2) is 23.1 Å². The van der Waals surface area contributed by atoms with E-state index >= 15 is 0 Å². The summed E-state index contributed by atoms with van der Waals surface area (Å²) in [7, 11) is -3.70. The molecule has 0 unspecified atom stereocenters. The molecule has 98 valence electrons. The molecule has 0 amide bonds. The van der Waals surface area contributed by atoms with Crippen LogP contribution in [0.2, 0.25) is 0 Å². The van der Waals surface area contributed by atoms with Crippen LogP contribution in [0, 0.1) is 10.1 Å². The molecule has 18 heavy (non-hydrogen) atoms. The molecule has 0 saturated heterocycles. The van der Waals surface area contributed by atoms with Crippen molar-refractivity contribution in [2.75, 3.05) is 5.73 Å². The van der Waals surface area contributed by atoms with Crippen LogP contribution < -0.4 is 10.5 Å². The van der Waals surface area contributed by atoms with E-state index in [1.54, 1.807) is 0 Å². The monoisotopic (exact) mass is 271 g/mol. The van der Waals surface area contributed by atoms with E-state index in [4.69, 9.17) is 5.73 Å². The molecule has 1 aromatic carbocycles. The van der Waals surface area contributed by atoms with E-state index in [2.05, 4.69) is 4.72 Å². The van der Waals surface area contributed by atoms with Crippen LogP contribution in [0.3, 0.4) is 0 Å². The van der Waals surface area contributed by atoms with E-state index in [9.17, 15) is 18.5 Å². The Morgan fingerprint density at radius 3 is 2.56 bits per heavy atom. The Balaban J connectivity index is 2.32. The third-order valence-electron chi connectivity index (χ3n) is 2.94. The van der Waals surface area contributed by atoms with Gasteiger partial charge in [-0.2, -0.15) is 0 Å². The molecule has 1 fully saturated rings. The van der Waals surface area contributed by atoms with Gasteiger partial charge >= 0.3 is 0 Å². The third kappa shape index (κ3) is 2.44. The van der Waals surface area contributed by atoms with Crippen molar-refractivity contribution >= 4 is 21.4 Å². The molecule has 0 radical (unpaired) electrons. The number of nitro benzene ring substituents is 1. The molecular formula is C10H13N3O4S. The lowest BCUT2D eigenvalue weighted by molar-refractivity contribution is -0.384. The van der Waals surface area contributed by atoms with E-state index in [1.807, 2.05) is 0 Å². The SMILES string of the molecule is Nc1ccc(S(=O)(=O)NC2CCC2)cc1[N+](=O)[O-]. The molecule has 1 aliphatic rings. The standard InChI is InChI=1S/C10H13N3O4S/c11-9-5-4-8(6-10(9)13(14)15)18(16,17)12-7-2-1-3-7/h4-7,12H,1-3,11H2. The van der Waals surface area contributed by atoms with Gasteiger partial charge in [0.2, 0.25) is 10.0 Å². The summed E-state index contributed by atoms with van der Waals surface area (Å²) < 4.78 is 26.4. The number of nitrogens with one attached hydrogen (secondary N) is 1. The molecule has 0 atom stereocenters. The molecule has 1 saturated carbocycles. The molecule has 7 nitrogen and oxygen atoms in total. The predicted molar refractivity (Wildman–Crippen MR) is 65.5 cm³/mol. The molecule has 3 N–H and O–H groups in total. The van der Waals surface area contributed by atoms with Crippen LogP contribution in [-0.4, -0.2) is 19.4 Å². The van der Waals surface area contributed by atoms with Gasteiger partial charge in [-0.05, 0) is 25.0 Å². The second-order valence-corrected chi connectivity index (χ2v) is 5.94. The summed E-state index contributed by atoms with van der Waals surface area (Å²) in [5.41, 5.74) is 4.97. The summed E-state index contributed by atoms with van der Waals surface area (Å²) in [5.74, 6) is 0. The van der Waals surface area contributed by atoms with Crippen molar-refractivity contribution in [3.8, 4) is 0 Å². The average molecular weight is 271 g/mol. The minimum atomic E-state index is -3.70. The van der Waals surface area contributed by atoms with E-state index in [1.165, 1.54) is 12.1 Å². The molecule has 0 heterocycles. The molecular weight excluding hydrogens is 258 g/mol. The van der Waals surface area contributed by atoms with Crippen molar-refractivity contribution in [2.24, 2.45) is 0 Å². The molecule has 1 aliphatic carbocycles. The first-order valence-corrected chi connectivity index (χ1v) is 6.95. The number of sulfonamides is 1. The third-order valence-corrected chi connectivity index (χ3v) is 4.45. The van der Waals surface area contributed by atoms with Gasteiger partial charge in [0.05, 0.1) is 9.82 Å². The Kier molecular flexibility index (Phi) is 3.22. The zero-order valence-corrected chi connectivity index (χ0v) is 10.3. The van der Waals surface area contributed by atoms with Crippen LogP contribution >= 0.6 is 0 Å². The van der Waals surface area contributed by atoms with Crippen LogP contribution in [0.25, 0.3) is 0 Å². The molecule has 0 aliphatic heterocycles. The van der Waals surface area contributed by atoms with Gasteiger partial charge in [-0.1, -0.05) is 6.42 Å². The lowest BCUT2D eigenvalue weighted by atomic mass is 9.94. The largest absolute Gasteiger partial charge is 0.393 e. The Morgan fingerprint density at radius 1 is 1.39 bits per heavy atom. The normalized spacial score (nSPS) is 16.2. The number of nitrogens with two attached hydrogens (primary N) is 1. The quantitative estimate of drug-likeness (QED) is 0.481. The number of hydrogen-bond acceptors (Lipinski definition) is 5. The highest BCUT2D eigenvalue weighted by Gasteiger charge is 2.26. The maximum Gasteiger partial charge on any atom is 0.293 e. The van der Waals surface area contributed by atoms with Gasteiger partial charge in [-0.25, -0.2) is 13.1 Å². The van der Waals surface area contributed by atoms with Crippen LogP contribution in [0.5, 0.6) is 0 Å². The molecule has 0 aromatic heterocycles. The Morgan fingerprint density at radius 2 is 2.06 bits per heavy atom. The van der Waals surface area contributed by atoms with E-state index in [-0.39, 0.29) is 16.6 Å². The van der Waals surface area contributed by atoms with Crippen molar-refractivity contribution in [2.45, 2.75) is 30.2 Å². The average Bonchev–Trinajstić information content (AvgIpc) is 2.23. The first-order valence-electron chi connectivity index (χ1n) is 5.46. The highest BCUT2D eigenvalue weighted by molar-refractivity contribution is 7.89. The maximum atomic E-state index is 11.9. The topological polar surface area (TPSA) is 115 Å². The fourth-order valence-electron chi connectivity index (χ4n) is 1.66. The van der Waals surface area contributed by atoms with E-state index in [0.29, 0.717) is 0 Å². The first-order chi connectivity index (χ1) is 8.40. The van der Waals surface area contributed by atoms with Crippen molar-refractivity contribution in [1.82, 2.24) is 4.72 Å². The van der Waals surface area contributed by atoms with Gasteiger partial charge in [-0.15, -0.1) is 0 Å². The minimum absolute atomic E-state index is 0.0532. The summed E-state index contributed by atoms with van der Waals surface area (Å²) in [6.07, 6.45) is 2.60. The zero-order valence-electron chi connectivity index (χ0n) is 9.50. The second kappa shape index (κ2) is 4.54. The molecule has 1 aromatic rings. The van der Waals surface area contributed by atoms with Gasteiger partial charge < -0.3 is 5.73 Å². The summed E-state index contributed by atoms with van der Waals surface area (Å²) in [6, 6.07) is 3.42. The molecule has 2 rings (SSSR count). The number of hydrogen-bond donors (Lipinski definition) is 2. The van der Waals surface area contributed by atoms with Gasteiger partial charge in [0.15, 0.2) is 0 Å². The maximum absolute atomic E-state index is 11.9. The lowest BCUT2D eigenvalue weighted by Gasteiger charge is -2.26. The lowest BCUT2D eigenvalue weighted by Crippen LogP contribution is -2.39. The zero-order chi connectivity index (χ0) is 13.3. The van der Waals surface area contributed by atoms with Crippen LogP contribution in [-0.2, 0) is 10.0 Å². The predicted octanol–water partition coefficient (Wildman–Crippen LogP) is 1.01.